The minimum Gasteiger partial charge on any atom is -0.394 e. The van der Waals surface area contributed by atoms with Crippen molar-refractivity contribution in [3.63, 3.8) is 0 Å². The Morgan fingerprint density at radius 3 is 1.22 bits per heavy atom. The molecule has 73 heavy (non-hydrogen) atoms. The lowest BCUT2D eigenvalue weighted by atomic mass is 9.96. The summed E-state index contributed by atoms with van der Waals surface area (Å²) >= 11 is 0. The molecule has 4 aliphatic rings. The van der Waals surface area contributed by atoms with Gasteiger partial charge in [-0.25, -0.2) is 9.97 Å². The standard InChI is InChI=1S/C54H71N7O12/c1-9-27-25(7)45-46-26(8)28(10-2)36(59-46)18-34-24(6)32(14-16-44(65)61-48-52(69)50(67)42(22-63)73-54(48)71)40(56-34)20-38-30(12-4)29(11-3)37(57-38)19-39-31(23(5)33(55-39)17-35(27)58-45)13-15-43(64)60-47-51(68)49(66)41(21-62)72-53(47)70/h17-20,41-42,47-57,62-63,66-71H,9-16,21-22H2,1-8H3,(H,60,64)(H,61,65). The van der Waals surface area contributed by atoms with Gasteiger partial charge in [0.05, 0.1) is 36.0 Å². The third-order valence-electron chi connectivity index (χ3n) is 15.3. The summed E-state index contributed by atoms with van der Waals surface area (Å²) in [5, 5.41) is 88.1. The van der Waals surface area contributed by atoms with Crippen molar-refractivity contribution in [1.29, 1.82) is 0 Å². The topological polar surface area (TPSA) is 312 Å². The largest absolute Gasteiger partial charge is 0.394 e. The first kappa shape index (κ1) is 53.7. The number of aromatic amines is 3. The number of nitrogens with zero attached hydrogens (tertiary/aromatic N) is 2. The Hall–Kier alpha value is -5.58. The molecular formula is C54H71N7O12. The van der Waals surface area contributed by atoms with Gasteiger partial charge in [0.25, 0.3) is 0 Å². The molecule has 2 amide bonds. The van der Waals surface area contributed by atoms with Gasteiger partial charge < -0.3 is 75.9 Å². The summed E-state index contributed by atoms with van der Waals surface area (Å²) in [7, 11) is 0. The zero-order valence-corrected chi connectivity index (χ0v) is 42.8. The van der Waals surface area contributed by atoms with Gasteiger partial charge in [-0.3, -0.25) is 9.59 Å². The highest BCUT2D eigenvalue weighted by Crippen LogP contribution is 2.40. The predicted molar refractivity (Wildman–Crippen MR) is 276 cm³/mol. The van der Waals surface area contributed by atoms with E-state index in [0.29, 0.717) is 25.7 Å². The lowest BCUT2D eigenvalue weighted by molar-refractivity contribution is -0.253. The van der Waals surface area contributed by atoms with Gasteiger partial charge in [0, 0.05) is 45.9 Å². The number of allylic oxidation sites excluding steroid dienone is 4. The SMILES string of the molecule is CCC1=C(C)c2nc1cc1[nH]c(cc3[nH]c(cc4[nH]c(cc5nc2C(C)=C5CC)c(C)c4CCC(=O)NC2C(O)OC(CO)C(O)C2O)c(CC)c3CC)c(CCC(=O)NC2C(O)OC(CO)C(O)C2O)c1C. The van der Waals surface area contributed by atoms with Crippen LogP contribution in [0.2, 0.25) is 0 Å². The van der Waals surface area contributed by atoms with Gasteiger partial charge >= 0.3 is 0 Å². The smallest absolute Gasteiger partial charge is 0.220 e. The van der Waals surface area contributed by atoms with Crippen LogP contribution in [0.4, 0.5) is 0 Å². The van der Waals surface area contributed by atoms with Crippen LogP contribution >= 0.6 is 0 Å². The van der Waals surface area contributed by atoms with E-state index in [0.717, 1.165) is 112 Å². The zero-order chi connectivity index (χ0) is 52.7. The lowest BCUT2D eigenvalue weighted by Gasteiger charge is -2.40. The Bertz CT molecular complexity index is 2840. The molecule has 13 N–H and O–H groups in total. The maximum atomic E-state index is 13.6. The molecular weight excluding hydrogens is 939 g/mol. The second-order valence-electron chi connectivity index (χ2n) is 19.6. The summed E-state index contributed by atoms with van der Waals surface area (Å²) in [5.41, 5.74) is 17.8. The molecule has 394 valence electrons. The van der Waals surface area contributed by atoms with E-state index in [9.17, 15) is 50.4 Å². The highest BCUT2D eigenvalue weighted by molar-refractivity contribution is 6.00. The maximum absolute atomic E-state index is 13.6. The molecule has 2 saturated heterocycles. The Kier molecular flexibility index (Phi) is 16.3. The van der Waals surface area contributed by atoms with Gasteiger partial charge in [-0.15, -0.1) is 0 Å². The van der Waals surface area contributed by atoms with Gasteiger partial charge in [0.15, 0.2) is 12.6 Å². The van der Waals surface area contributed by atoms with Gasteiger partial charge in [-0.05, 0) is 146 Å². The molecule has 4 aliphatic heterocycles. The van der Waals surface area contributed by atoms with Crippen molar-refractivity contribution < 1.29 is 59.9 Å². The van der Waals surface area contributed by atoms with Gasteiger partial charge in [-0.2, -0.15) is 0 Å². The van der Waals surface area contributed by atoms with E-state index in [-0.39, 0.29) is 25.7 Å². The molecule has 2 fully saturated rings. The number of carbonyl (C=O) groups is 2. The summed E-state index contributed by atoms with van der Waals surface area (Å²) in [6, 6.07) is 5.56. The first-order chi connectivity index (χ1) is 34.9. The van der Waals surface area contributed by atoms with Crippen molar-refractivity contribution in [2.75, 3.05) is 13.2 Å². The van der Waals surface area contributed by atoms with E-state index in [1.165, 1.54) is 0 Å². The van der Waals surface area contributed by atoms with Crippen molar-refractivity contribution in [1.82, 2.24) is 35.6 Å². The third kappa shape index (κ3) is 10.2. The number of H-pyrrole nitrogens is 3. The fourth-order valence-corrected chi connectivity index (χ4v) is 11.1. The number of aliphatic hydroxyl groups is 8. The Morgan fingerprint density at radius 1 is 0.521 bits per heavy atom. The fourth-order valence-electron chi connectivity index (χ4n) is 11.1. The van der Waals surface area contributed by atoms with Crippen molar-refractivity contribution in [3.8, 4) is 0 Å². The van der Waals surface area contributed by atoms with Gasteiger partial charge in [0.2, 0.25) is 11.8 Å². The second kappa shape index (κ2) is 22.1. The number of amides is 2. The monoisotopic (exact) mass is 1010 g/mol. The van der Waals surface area contributed by atoms with Crippen LogP contribution in [0.3, 0.4) is 0 Å². The van der Waals surface area contributed by atoms with Crippen LogP contribution < -0.4 is 10.6 Å². The van der Waals surface area contributed by atoms with Crippen LogP contribution in [0.25, 0.3) is 55.4 Å². The average Bonchev–Trinajstić information content (AvgIpc) is 4.13. The summed E-state index contributed by atoms with van der Waals surface area (Å²) in [6.45, 7) is 15.3. The van der Waals surface area contributed by atoms with Crippen molar-refractivity contribution in [2.24, 2.45) is 0 Å². The number of aryl methyl sites for hydroxylation is 6. The highest BCUT2D eigenvalue weighted by atomic mass is 16.6. The predicted octanol–water partition coefficient (Wildman–Crippen LogP) is 3.48. The Morgan fingerprint density at radius 2 is 0.877 bits per heavy atom. The van der Waals surface area contributed by atoms with Crippen LogP contribution in [-0.4, -0.2) is 152 Å². The molecule has 4 aromatic rings. The minimum atomic E-state index is -1.66. The van der Waals surface area contributed by atoms with Crippen LogP contribution in [0.5, 0.6) is 0 Å². The number of ether oxygens (including phenoxy) is 2. The first-order valence-electron chi connectivity index (χ1n) is 25.5. The fraction of sp³-hybridized carbons (Fsp3) is 0.519. The maximum Gasteiger partial charge on any atom is 0.220 e. The number of aliphatic hydroxyl groups excluding tert-OH is 8. The lowest BCUT2D eigenvalue weighted by Crippen LogP contribution is -2.64. The zero-order valence-electron chi connectivity index (χ0n) is 42.8. The molecule has 10 bridgehead atoms. The number of aromatic nitrogens is 5. The normalized spacial score (nSPS) is 25.4. The van der Waals surface area contributed by atoms with E-state index in [2.05, 4.69) is 91.4 Å². The van der Waals surface area contributed by atoms with E-state index in [4.69, 9.17) is 19.4 Å². The van der Waals surface area contributed by atoms with Crippen LogP contribution in [0.1, 0.15) is 123 Å². The molecule has 0 saturated carbocycles. The van der Waals surface area contributed by atoms with E-state index < -0.39 is 86.3 Å². The summed E-state index contributed by atoms with van der Waals surface area (Å²) in [4.78, 5) is 48.9. The Labute approximate surface area is 423 Å². The highest BCUT2D eigenvalue weighted by Gasteiger charge is 2.45. The number of hydrogen-bond acceptors (Lipinski definition) is 14. The van der Waals surface area contributed by atoms with Gasteiger partial charge in [0.1, 0.15) is 48.7 Å². The molecule has 19 nitrogen and oxygen atoms in total. The molecule has 8 heterocycles. The quantitative estimate of drug-likeness (QED) is 0.0861. The van der Waals surface area contributed by atoms with Crippen LogP contribution in [0.15, 0.2) is 24.3 Å². The minimum absolute atomic E-state index is 0.0464. The van der Waals surface area contributed by atoms with E-state index in [1.54, 1.807) is 0 Å². The summed E-state index contributed by atoms with van der Waals surface area (Å²) < 4.78 is 10.6. The van der Waals surface area contributed by atoms with Crippen LogP contribution in [0, 0.1) is 13.8 Å². The van der Waals surface area contributed by atoms with Crippen molar-refractivity contribution in [3.05, 3.63) is 80.4 Å². The molecule has 8 rings (SSSR count). The first-order valence-corrected chi connectivity index (χ1v) is 25.5. The summed E-state index contributed by atoms with van der Waals surface area (Å²) in [5.74, 6) is -0.985. The molecule has 10 atom stereocenters. The molecule has 4 aromatic heterocycles. The second-order valence-corrected chi connectivity index (χ2v) is 19.6. The molecule has 10 unspecified atom stereocenters. The van der Waals surface area contributed by atoms with E-state index in [1.807, 2.05) is 13.8 Å². The number of carbonyl (C=O) groups excluding carboxylic acids is 2. The number of nitrogens with one attached hydrogen (secondary N) is 5. The van der Waals surface area contributed by atoms with E-state index >= 15 is 0 Å². The average molecular weight is 1010 g/mol. The third-order valence-corrected chi connectivity index (χ3v) is 15.3. The van der Waals surface area contributed by atoms with Crippen molar-refractivity contribution in [2.45, 2.75) is 168 Å². The molecule has 0 radical (unpaired) electrons. The number of hydrogen-bond donors (Lipinski definition) is 13. The number of rotatable bonds is 14. The Balaban J connectivity index is 1.30. The van der Waals surface area contributed by atoms with Gasteiger partial charge in [-0.1, -0.05) is 27.7 Å². The van der Waals surface area contributed by atoms with Crippen LogP contribution in [-0.2, 0) is 44.7 Å². The van der Waals surface area contributed by atoms with Crippen molar-refractivity contribution >= 4 is 67.2 Å². The molecule has 0 aromatic carbocycles. The molecule has 0 aliphatic carbocycles. The molecule has 19 heteroatoms. The molecule has 0 spiro atoms. The summed E-state index contributed by atoms with van der Waals surface area (Å²) in [6.07, 6.45) is -8.75. The number of fused-ring (bicyclic) bond motifs is 11.